The van der Waals surface area contributed by atoms with Crippen molar-refractivity contribution in [2.75, 3.05) is 7.11 Å². The van der Waals surface area contributed by atoms with E-state index < -0.39 is 0 Å². The highest BCUT2D eigenvalue weighted by molar-refractivity contribution is 5.89. The zero-order valence-corrected chi connectivity index (χ0v) is 9.90. The van der Waals surface area contributed by atoms with E-state index in [9.17, 15) is 4.79 Å². The van der Waals surface area contributed by atoms with Gasteiger partial charge in [-0.25, -0.2) is 4.79 Å². The Morgan fingerprint density at radius 2 is 2.00 bits per heavy atom. The predicted molar refractivity (Wildman–Crippen MR) is 64.2 cm³/mol. The summed E-state index contributed by atoms with van der Waals surface area (Å²) in [6.45, 7) is 2.15. The maximum atomic E-state index is 11.2. The lowest BCUT2D eigenvalue weighted by molar-refractivity contribution is 0.0600. The molecule has 3 nitrogen and oxygen atoms in total. The van der Waals surface area contributed by atoms with Gasteiger partial charge in [-0.2, -0.15) is 0 Å². The number of ether oxygens (including phenoxy) is 1. The zero-order valence-electron chi connectivity index (χ0n) is 9.90. The Balaban J connectivity index is 2.67. The number of hydrogen-bond donors (Lipinski definition) is 1. The number of rotatable bonds is 5. The van der Waals surface area contributed by atoms with E-state index >= 15 is 0 Å². The van der Waals surface area contributed by atoms with Crippen molar-refractivity contribution in [2.24, 2.45) is 5.73 Å². The molecule has 0 saturated carbocycles. The first-order valence-electron chi connectivity index (χ1n) is 5.63. The Kier molecular flexibility index (Phi) is 4.99. The molecule has 0 bridgehead atoms. The Labute approximate surface area is 96.6 Å². The van der Waals surface area contributed by atoms with Crippen molar-refractivity contribution >= 4 is 5.97 Å². The number of unbranched alkanes of at least 4 members (excludes halogenated alkanes) is 1. The monoisotopic (exact) mass is 221 g/mol. The van der Waals surface area contributed by atoms with Crippen LogP contribution < -0.4 is 5.73 Å². The quantitative estimate of drug-likeness (QED) is 0.778. The molecule has 1 aromatic rings. The fraction of sp³-hybridized carbons (Fsp3) is 0.462. The van der Waals surface area contributed by atoms with Crippen LogP contribution in [0.15, 0.2) is 24.3 Å². The molecule has 2 N–H and O–H groups in total. The standard InChI is InChI=1S/C13H19NO2/c1-3-4-5-12(14)10-6-8-11(9-7-10)13(15)16-2/h6-9,12H,3-5,14H2,1-2H3/t12-/m1/s1. The van der Waals surface area contributed by atoms with E-state index in [1.165, 1.54) is 7.11 Å². The topological polar surface area (TPSA) is 52.3 Å². The summed E-state index contributed by atoms with van der Waals surface area (Å²) >= 11 is 0. The average Bonchev–Trinajstić information content (AvgIpc) is 2.35. The molecule has 0 fully saturated rings. The number of hydrogen-bond acceptors (Lipinski definition) is 3. The summed E-state index contributed by atoms with van der Waals surface area (Å²) in [6, 6.07) is 7.37. The van der Waals surface area contributed by atoms with Gasteiger partial charge in [0.15, 0.2) is 0 Å². The Bertz CT molecular complexity index is 332. The minimum Gasteiger partial charge on any atom is -0.465 e. The van der Waals surface area contributed by atoms with Gasteiger partial charge >= 0.3 is 5.97 Å². The lowest BCUT2D eigenvalue weighted by Crippen LogP contribution is -2.10. The molecule has 0 aromatic heterocycles. The predicted octanol–water partition coefficient (Wildman–Crippen LogP) is 2.66. The molecule has 0 amide bonds. The van der Waals surface area contributed by atoms with E-state index in [0.29, 0.717) is 5.56 Å². The van der Waals surface area contributed by atoms with Crippen molar-refractivity contribution < 1.29 is 9.53 Å². The molecule has 1 atom stereocenters. The summed E-state index contributed by atoms with van der Waals surface area (Å²) in [6.07, 6.45) is 3.25. The molecule has 0 heterocycles. The van der Waals surface area contributed by atoms with E-state index in [1.807, 2.05) is 12.1 Å². The largest absolute Gasteiger partial charge is 0.465 e. The highest BCUT2D eigenvalue weighted by atomic mass is 16.5. The second-order valence-corrected chi connectivity index (χ2v) is 3.86. The van der Waals surface area contributed by atoms with Gasteiger partial charge in [0, 0.05) is 6.04 Å². The third-order valence-corrected chi connectivity index (χ3v) is 2.63. The van der Waals surface area contributed by atoms with Crippen LogP contribution in [0.3, 0.4) is 0 Å². The summed E-state index contributed by atoms with van der Waals surface area (Å²) < 4.78 is 4.63. The van der Waals surface area contributed by atoms with E-state index in [4.69, 9.17) is 5.73 Å². The van der Waals surface area contributed by atoms with Crippen LogP contribution in [0, 0.1) is 0 Å². The van der Waals surface area contributed by atoms with Crippen LogP contribution in [-0.4, -0.2) is 13.1 Å². The van der Waals surface area contributed by atoms with Gasteiger partial charge < -0.3 is 10.5 Å². The van der Waals surface area contributed by atoms with Crippen molar-refractivity contribution in [1.29, 1.82) is 0 Å². The van der Waals surface area contributed by atoms with Crippen LogP contribution in [0.4, 0.5) is 0 Å². The van der Waals surface area contributed by atoms with Crippen LogP contribution in [0.1, 0.15) is 48.1 Å². The molecule has 16 heavy (non-hydrogen) atoms. The molecule has 0 aliphatic rings. The number of carbonyl (C=O) groups excluding carboxylic acids is 1. The van der Waals surface area contributed by atoms with Gasteiger partial charge in [-0.1, -0.05) is 31.9 Å². The molecular formula is C13H19NO2. The molecule has 0 spiro atoms. The lowest BCUT2D eigenvalue weighted by Gasteiger charge is -2.11. The molecule has 3 heteroatoms. The van der Waals surface area contributed by atoms with Gasteiger partial charge in [0.25, 0.3) is 0 Å². The van der Waals surface area contributed by atoms with Crippen molar-refractivity contribution in [3.05, 3.63) is 35.4 Å². The minimum atomic E-state index is -0.311. The maximum Gasteiger partial charge on any atom is 0.337 e. The second kappa shape index (κ2) is 6.28. The zero-order chi connectivity index (χ0) is 12.0. The summed E-state index contributed by atoms with van der Waals surface area (Å²) in [5.41, 5.74) is 7.66. The number of carbonyl (C=O) groups is 1. The summed E-state index contributed by atoms with van der Waals surface area (Å²) in [5, 5.41) is 0. The normalized spacial score (nSPS) is 12.2. The van der Waals surface area contributed by atoms with Crippen molar-refractivity contribution in [3.8, 4) is 0 Å². The van der Waals surface area contributed by atoms with E-state index in [2.05, 4.69) is 11.7 Å². The molecular weight excluding hydrogens is 202 g/mol. The summed E-state index contributed by atoms with van der Waals surface area (Å²) in [4.78, 5) is 11.2. The lowest BCUT2D eigenvalue weighted by atomic mass is 10.0. The van der Waals surface area contributed by atoms with Gasteiger partial charge in [-0.05, 0) is 24.1 Å². The highest BCUT2D eigenvalue weighted by Crippen LogP contribution is 2.17. The summed E-state index contributed by atoms with van der Waals surface area (Å²) in [7, 11) is 1.38. The van der Waals surface area contributed by atoms with Gasteiger partial charge in [0.2, 0.25) is 0 Å². The van der Waals surface area contributed by atoms with Crippen molar-refractivity contribution in [2.45, 2.75) is 32.2 Å². The van der Waals surface area contributed by atoms with Crippen LogP contribution >= 0.6 is 0 Å². The minimum absolute atomic E-state index is 0.0617. The first kappa shape index (κ1) is 12.7. The average molecular weight is 221 g/mol. The van der Waals surface area contributed by atoms with Gasteiger partial charge in [-0.3, -0.25) is 0 Å². The molecule has 1 rings (SSSR count). The van der Waals surface area contributed by atoms with Crippen LogP contribution in [-0.2, 0) is 4.74 Å². The van der Waals surface area contributed by atoms with E-state index in [1.54, 1.807) is 12.1 Å². The Morgan fingerprint density at radius 3 is 2.50 bits per heavy atom. The van der Waals surface area contributed by atoms with Crippen LogP contribution in [0.5, 0.6) is 0 Å². The fourth-order valence-corrected chi connectivity index (χ4v) is 1.57. The van der Waals surface area contributed by atoms with Crippen molar-refractivity contribution in [1.82, 2.24) is 0 Å². The SMILES string of the molecule is CCCC[C@@H](N)c1ccc(C(=O)OC)cc1. The first-order chi connectivity index (χ1) is 7.69. The molecule has 1 aromatic carbocycles. The number of methoxy groups -OCH3 is 1. The van der Waals surface area contributed by atoms with Gasteiger partial charge in [0.1, 0.15) is 0 Å². The first-order valence-corrected chi connectivity index (χ1v) is 5.63. The number of benzene rings is 1. The van der Waals surface area contributed by atoms with E-state index in [-0.39, 0.29) is 12.0 Å². The third-order valence-electron chi connectivity index (χ3n) is 2.63. The highest BCUT2D eigenvalue weighted by Gasteiger charge is 2.08. The molecule has 88 valence electrons. The second-order valence-electron chi connectivity index (χ2n) is 3.86. The van der Waals surface area contributed by atoms with Crippen LogP contribution in [0.25, 0.3) is 0 Å². The fourth-order valence-electron chi connectivity index (χ4n) is 1.57. The van der Waals surface area contributed by atoms with Crippen molar-refractivity contribution in [3.63, 3.8) is 0 Å². The smallest absolute Gasteiger partial charge is 0.337 e. The van der Waals surface area contributed by atoms with Crippen LogP contribution in [0.2, 0.25) is 0 Å². The third kappa shape index (κ3) is 3.35. The molecule has 0 radical (unpaired) electrons. The number of nitrogens with two attached hydrogens (primary N) is 1. The number of esters is 1. The van der Waals surface area contributed by atoms with E-state index in [0.717, 1.165) is 24.8 Å². The van der Waals surface area contributed by atoms with Gasteiger partial charge in [0.05, 0.1) is 12.7 Å². The molecule has 0 unspecified atom stereocenters. The summed E-state index contributed by atoms with van der Waals surface area (Å²) in [5.74, 6) is -0.311. The maximum absolute atomic E-state index is 11.2. The molecule has 0 aliphatic carbocycles. The molecule has 0 aliphatic heterocycles. The molecule has 0 saturated heterocycles. The Hall–Kier alpha value is -1.35. The van der Waals surface area contributed by atoms with Gasteiger partial charge in [-0.15, -0.1) is 0 Å². The Morgan fingerprint density at radius 1 is 1.38 bits per heavy atom.